The van der Waals surface area contributed by atoms with Crippen molar-refractivity contribution in [2.24, 2.45) is 5.73 Å². The number of amides is 2. The molecule has 1 aliphatic heterocycles. The number of rotatable bonds is 6. The van der Waals surface area contributed by atoms with E-state index >= 15 is 0 Å². The highest BCUT2D eigenvalue weighted by Gasteiger charge is 2.27. The van der Waals surface area contributed by atoms with Gasteiger partial charge in [0.15, 0.2) is 0 Å². The Morgan fingerprint density at radius 3 is 2.45 bits per heavy atom. The largest absolute Gasteiger partial charge is 0.365 e. The van der Waals surface area contributed by atoms with Gasteiger partial charge < -0.3 is 11.1 Å². The Balaban J connectivity index is 1.28. The van der Waals surface area contributed by atoms with Crippen LogP contribution in [-0.4, -0.2) is 54.3 Å². The maximum Gasteiger partial charge on any atom is 0.251 e. The van der Waals surface area contributed by atoms with Crippen LogP contribution in [0.4, 0.5) is 5.00 Å². The second kappa shape index (κ2) is 8.83. The number of benzene rings is 1. The topological polar surface area (TPSA) is 78.7 Å². The zero-order valence-electron chi connectivity index (χ0n) is 16.2. The summed E-state index contributed by atoms with van der Waals surface area (Å²) in [6.07, 6.45) is 2.89. The molecule has 0 radical (unpaired) electrons. The monoisotopic (exact) mass is 432 g/mol. The van der Waals surface area contributed by atoms with Gasteiger partial charge in [-0.15, -0.1) is 11.3 Å². The first-order chi connectivity index (χ1) is 14.0. The van der Waals surface area contributed by atoms with Gasteiger partial charge in [-0.25, -0.2) is 0 Å². The standard InChI is InChI=1S/C21H25ClN4O2S/c22-15-6-4-14(5-7-15)12-25-8-10-26(11-9-25)13-18(27)24-21-19(20(23)28)16-2-1-3-17(16)29-21/h4-7H,1-3,8-13H2,(H2,23,28)(H,24,27). The minimum atomic E-state index is -0.449. The van der Waals surface area contributed by atoms with Gasteiger partial charge in [0.25, 0.3) is 5.91 Å². The highest BCUT2D eigenvalue weighted by atomic mass is 35.5. The van der Waals surface area contributed by atoms with Crippen LogP contribution < -0.4 is 11.1 Å². The van der Waals surface area contributed by atoms with Crippen LogP contribution in [0, 0.1) is 0 Å². The number of carbonyl (C=O) groups excluding carboxylic acids is 2. The Kier molecular flexibility index (Phi) is 6.20. The van der Waals surface area contributed by atoms with Gasteiger partial charge in [0.1, 0.15) is 5.00 Å². The predicted molar refractivity (Wildman–Crippen MR) is 117 cm³/mol. The molecule has 4 rings (SSSR count). The quantitative estimate of drug-likeness (QED) is 0.735. The van der Waals surface area contributed by atoms with Crippen molar-refractivity contribution in [3.05, 3.63) is 50.9 Å². The van der Waals surface area contributed by atoms with E-state index in [2.05, 4.69) is 27.2 Å². The molecule has 29 heavy (non-hydrogen) atoms. The van der Waals surface area contributed by atoms with Gasteiger partial charge in [-0.2, -0.15) is 0 Å². The molecule has 1 saturated heterocycles. The van der Waals surface area contributed by atoms with Gasteiger partial charge in [0.2, 0.25) is 5.91 Å². The number of nitrogens with one attached hydrogen (secondary N) is 1. The Bertz CT molecular complexity index is 904. The summed E-state index contributed by atoms with van der Waals surface area (Å²) in [7, 11) is 0. The van der Waals surface area contributed by atoms with Crippen LogP contribution >= 0.6 is 22.9 Å². The van der Waals surface area contributed by atoms with E-state index in [0.717, 1.165) is 62.6 Å². The maximum atomic E-state index is 12.6. The lowest BCUT2D eigenvalue weighted by atomic mass is 10.1. The average molecular weight is 433 g/mol. The van der Waals surface area contributed by atoms with E-state index in [9.17, 15) is 9.59 Å². The van der Waals surface area contributed by atoms with E-state index in [1.54, 1.807) is 0 Å². The summed E-state index contributed by atoms with van der Waals surface area (Å²) in [4.78, 5) is 30.2. The van der Waals surface area contributed by atoms with Gasteiger partial charge in [0, 0.05) is 42.6 Å². The fourth-order valence-corrected chi connectivity index (χ4v) is 5.51. The average Bonchev–Trinajstić information content (AvgIpc) is 3.25. The number of hydrogen-bond donors (Lipinski definition) is 2. The van der Waals surface area contributed by atoms with Crippen molar-refractivity contribution in [3.63, 3.8) is 0 Å². The molecule has 154 valence electrons. The maximum absolute atomic E-state index is 12.6. The van der Waals surface area contributed by atoms with E-state index in [0.29, 0.717) is 17.1 Å². The van der Waals surface area contributed by atoms with E-state index < -0.39 is 5.91 Å². The molecule has 0 atom stereocenters. The van der Waals surface area contributed by atoms with Gasteiger partial charge in [0.05, 0.1) is 12.1 Å². The van der Waals surface area contributed by atoms with Crippen molar-refractivity contribution < 1.29 is 9.59 Å². The molecular formula is C21H25ClN4O2S. The molecule has 8 heteroatoms. The molecule has 1 aromatic heterocycles. The molecule has 1 aromatic carbocycles. The zero-order valence-corrected chi connectivity index (χ0v) is 17.8. The van der Waals surface area contributed by atoms with Gasteiger partial charge >= 0.3 is 0 Å². The molecule has 2 amide bonds. The van der Waals surface area contributed by atoms with Crippen LogP contribution in [-0.2, 0) is 24.2 Å². The number of fused-ring (bicyclic) bond motifs is 1. The lowest BCUT2D eigenvalue weighted by Crippen LogP contribution is -2.48. The van der Waals surface area contributed by atoms with Crippen molar-refractivity contribution >= 4 is 39.8 Å². The lowest BCUT2D eigenvalue weighted by Gasteiger charge is -2.34. The SMILES string of the molecule is NC(=O)c1c(NC(=O)CN2CCN(Cc3ccc(Cl)cc3)CC2)sc2c1CCC2. The first-order valence-corrected chi connectivity index (χ1v) is 11.1. The lowest BCUT2D eigenvalue weighted by molar-refractivity contribution is -0.117. The number of piperazine rings is 1. The molecule has 2 aliphatic rings. The summed E-state index contributed by atoms with van der Waals surface area (Å²) in [5.41, 5.74) is 8.37. The van der Waals surface area contributed by atoms with E-state index in [1.807, 2.05) is 12.1 Å². The second-order valence-electron chi connectivity index (χ2n) is 7.65. The molecule has 3 N–H and O–H groups in total. The van der Waals surface area contributed by atoms with Gasteiger partial charge in [-0.1, -0.05) is 23.7 Å². The fraction of sp³-hybridized carbons (Fsp3) is 0.429. The molecule has 2 heterocycles. The normalized spacial score (nSPS) is 17.3. The van der Waals surface area contributed by atoms with Crippen molar-refractivity contribution in [3.8, 4) is 0 Å². The molecule has 0 unspecified atom stereocenters. The van der Waals surface area contributed by atoms with Crippen LogP contribution in [0.1, 0.15) is 32.8 Å². The first kappa shape index (κ1) is 20.3. The summed E-state index contributed by atoms with van der Waals surface area (Å²) in [6.45, 7) is 4.72. The molecular weight excluding hydrogens is 408 g/mol. The number of carbonyl (C=O) groups is 2. The third kappa shape index (κ3) is 4.80. The van der Waals surface area contributed by atoms with E-state index in [4.69, 9.17) is 17.3 Å². The number of nitrogens with zero attached hydrogens (tertiary/aromatic N) is 2. The fourth-order valence-electron chi connectivity index (χ4n) is 4.08. The minimum Gasteiger partial charge on any atom is -0.365 e. The van der Waals surface area contributed by atoms with Gasteiger partial charge in [-0.3, -0.25) is 19.4 Å². The van der Waals surface area contributed by atoms with Crippen molar-refractivity contribution in [2.75, 3.05) is 38.0 Å². The van der Waals surface area contributed by atoms with Crippen molar-refractivity contribution in [1.82, 2.24) is 9.80 Å². The molecule has 0 bridgehead atoms. The molecule has 2 aromatic rings. The number of halogens is 1. The molecule has 1 aliphatic carbocycles. The highest BCUT2D eigenvalue weighted by molar-refractivity contribution is 7.17. The summed E-state index contributed by atoms with van der Waals surface area (Å²) < 4.78 is 0. The van der Waals surface area contributed by atoms with Crippen LogP contribution in [0.15, 0.2) is 24.3 Å². The summed E-state index contributed by atoms with van der Waals surface area (Å²) in [5.74, 6) is -0.533. The van der Waals surface area contributed by atoms with E-state index in [-0.39, 0.29) is 5.91 Å². The molecule has 0 saturated carbocycles. The van der Waals surface area contributed by atoms with Crippen molar-refractivity contribution in [1.29, 1.82) is 0 Å². The Labute approximate surface area is 179 Å². The van der Waals surface area contributed by atoms with E-state index in [1.165, 1.54) is 21.8 Å². The smallest absolute Gasteiger partial charge is 0.251 e. The Morgan fingerprint density at radius 2 is 1.76 bits per heavy atom. The Hall–Kier alpha value is -1.93. The third-order valence-corrected chi connectivity index (χ3v) is 7.03. The molecule has 0 spiro atoms. The zero-order chi connectivity index (χ0) is 20.4. The number of nitrogens with two attached hydrogens (primary N) is 1. The van der Waals surface area contributed by atoms with Crippen LogP contribution in [0.5, 0.6) is 0 Å². The third-order valence-electron chi connectivity index (χ3n) is 5.57. The first-order valence-electron chi connectivity index (χ1n) is 9.93. The number of aryl methyl sites for hydroxylation is 1. The molecule has 6 nitrogen and oxygen atoms in total. The number of primary amides is 1. The van der Waals surface area contributed by atoms with Gasteiger partial charge in [-0.05, 0) is 42.5 Å². The van der Waals surface area contributed by atoms with Crippen LogP contribution in [0.25, 0.3) is 0 Å². The predicted octanol–water partition coefficient (Wildman–Crippen LogP) is 2.75. The summed E-state index contributed by atoms with van der Waals surface area (Å²) in [6, 6.07) is 7.93. The van der Waals surface area contributed by atoms with Crippen molar-refractivity contribution in [2.45, 2.75) is 25.8 Å². The highest BCUT2D eigenvalue weighted by Crippen LogP contribution is 2.38. The number of thiophene rings is 1. The van der Waals surface area contributed by atoms with Crippen LogP contribution in [0.3, 0.4) is 0 Å². The van der Waals surface area contributed by atoms with Crippen LogP contribution in [0.2, 0.25) is 5.02 Å². The Morgan fingerprint density at radius 1 is 1.07 bits per heavy atom. The number of hydrogen-bond acceptors (Lipinski definition) is 5. The number of anilines is 1. The summed E-state index contributed by atoms with van der Waals surface area (Å²) in [5, 5.41) is 4.31. The minimum absolute atomic E-state index is 0.0847. The molecule has 1 fully saturated rings. The second-order valence-corrected chi connectivity index (χ2v) is 9.19. The summed E-state index contributed by atoms with van der Waals surface area (Å²) >= 11 is 7.45.